The van der Waals surface area contributed by atoms with Gasteiger partial charge in [0, 0.05) is 26.2 Å². The molecule has 3 heterocycles. The average molecular weight is 493 g/mol. The van der Waals surface area contributed by atoms with Gasteiger partial charge in [-0.2, -0.15) is 0 Å². The summed E-state index contributed by atoms with van der Waals surface area (Å²) in [5, 5.41) is 8.35. The first-order chi connectivity index (χ1) is 17.5. The second-order valence-corrected chi connectivity index (χ2v) is 8.98. The molecular weight excluding hydrogens is 460 g/mol. The minimum Gasteiger partial charge on any atom is -0.456 e. The van der Waals surface area contributed by atoms with Gasteiger partial charge >= 0.3 is 0 Å². The number of carbonyl (C=O) groups is 3. The first-order valence-corrected chi connectivity index (χ1v) is 12.4. The number of furan rings is 2. The Morgan fingerprint density at radius 3 is 2.47 bits per heavy atom. The third kappa shape index (κ3) is 6.02. The summed E-state index contributed by atoms with van der Waals surface area (Å²) in [5.74, 6) is 0.734. The zero-order valence-electron chi connectivity index (χ0n) is 20.6. The number of nitrogens with zero attached hydrogens (tertiary/aromatic N) is 1. The maximum absolute atomic E-state index is 12.9. The predicted octanol–water partition coefficient (Wildman–Crippen LogP) is 3.85. The van der Waals surface area contributed by atoms with Crippen LogP contribution in [0.1, 0.15) is 71.5 Å². The highest BCUT2D eigenvalue weighted by molar-refractivity contribution is 5.96. The third-order valence-corrected chi connectivity index (χ3v) is 6.53. The lowest BCUT2D eigenvalue weighted by Gasteiger charge is -2.29. The van der Waals surface area contributed by atoms with E-state index in [0.717, 1.165) is 49.8 Å². The molecule has 9 heteroatoms. The van der Waals surface area contributed by atoms with Crippen molar-refractivity contribution in [3.8, 4) is 11.5 Å². The summed E-state index contributed by atoms with van der Waals surface area (Å²) in [7, 11) is 1.58. The molecule has 0 spiro atoms. The standard InChI is InChI=1S/C27H32N4O5/c1-3-19-9-10-22(35-19)25(32)30-16-17-13-14-29-20(15-17)21-11-12-23(36-21)26(33)31-24(27(34)28-2)18-7-5-4-6-8-18/h9-15,18,24H,3-8,16H2,1-2H3,(H,28,34)(H,30,32)(H,31,33). The summed E-state index contributed by atoms with van der Waals surface area (Å²) in [6.45, 7) is 2.24. The predicted molar refractivity (Wildman–Crippen MR) is 133 cm³/mol. The van der Waals surface area contributed by atoms with Gasteiger partial charge in [0.15, 0.2) is 17.3 Å². The van der Waals surface area contributed by atoms with E-state index in [9.17, 15) is 14.4 Å². The molecule has 1 atom stereocenters. The van der Waals surface area contributed by atoms with Crippen LogP contribution in [-0.4, -0.2) is 35.8 Å². The van der Waals surface area contributed by atoms with Gasteiger partial charge < -0.3 is 24.8 Å². The van der Waals surface area contributed by atoms with Crippen molar-refractivity contribution in [3.63, 3.8) is 0 Å². The molecule has 0 saturated heterocycles. The number of rotatable bonds is 9. The number of nitrogens with one attached hydrogen (secondary N) is 3. The highest BCUT2D eigenvalue weighted by Crippen LogP contribution is 2.27. The fraction of sp³-hybridized carbons (Fsp3) is 0.407. The Hall–Kier alpha value is -3.88. The summed E-state index contributed by atoms with van der Waals surface area (Å²) < 4.78 is 11.3. The van der Waals surface area contributed by atoms with Gasteiger partial charge in [-0.15, -0.1) is 0 Å². The molecule has 3 N–H and O–H groups in total. The summed E-state index contributed by atoms with van der Waals surface area (Å²) in [6, 6.07) is 9.67. The van der Waals surface area contributed by atoms with Crippen LogP contribution in [0.4, 0.5) is 0 Å². The van der Waals surface area contributed by atoms with E-state index < -0.39 is 11.9 Å². The maximum atomic E-state index is 12.9. The van der Waals surface area contributed by atoms with Gasteiger partial charge in [0.05, 0.1) is 0 Å². The van der Waals surface area contributed by atoms with E-state index in [1.54, 1.807) is 49.6 Å². The Labute approximate surface area is 210 Å². The summed E-state index contributed by atoms with van der Waals surface area (Å²) in [6.07, 6.45) is 7.43. The Morgan fingerprint density at radius 2 is 1.75 bits per heavy atom. The van der Waals surface area contributed by atoms with Crippen LogP contribution in [0.25, 0.3) is 11.5 Å². The van der Waals surface area contributed by atoms with Crippen LogP contribution >= 0.6 is 0 Å². The van der Waals surface area contributed by atoms with E-state index in [-0.39, 0.29) is 35.8 Å². The molecule has 1 aliphatic rings. The zero-order chi connectivity index (χ0) is 25.5. The lowest BCUT2D eigenvalue weighted by atomic mass is 9.83. The van der Waals surface area contributed by atoms with Crippen molar-refractivity contribution < 1.29 is 23.2 Å². The van der Waals surface area contributed by atoms with E-state index in [4.69, 9.17) is 8.83 Å². The van der Waals surface area contributed by atoms with E-state index >= 15 is 0 Å². The van der Waals surface area contributed by atoms with Gasteiger partial charge in [-0.25, -0.2) is 0 Å². The fourth-order valence-corrected chi connectivity index (χ4v) is 4.51. The number of carbonyl (C=O) groups excluding carboxylic acids is 3. The van der Waals surface area contributed by atoms with E-state index in [2.05, 4.69) is 20.9 Å². The molecule has 1 aliphatic carbocycles. The normalized spacial score (nSPS) is 14.7. The Bertz CT molecular complexity index is 1210. The quantitative estimate of drug-likeness (QED) is 0.416. The average Bonchev–Trinajstić information content (AvgIpc) is 3.61. The first kappa shape index (κ1) is 25.2. The minimum absolute atomic E-state index is 0.111. The Kier molecular flexibility index (Phi) is 8.20. The van der Waals surface area contributed by atoms with Gasteiger partial charge in [0.2, 0.25) is 5.91 Å². The highest BCUT2D eigenvalue weighted by atomic mass is 16.4. The topological polar surface area (TPSA) is 126 Å². The number of aromatic nitrogens is 1. The number of hydrogen-bond donors (Lipinski definition) is 3. The minimum atomic E-state index is -0.594. The summed E-state index contributed by atoms with van der Waals surface area (Å²) in [4.78, 5) is 42.0. The van der Waals surface area contributed by atoms with Gasteiger partial charge in [-0.1, -0.05) is 26.2 Å². The summed E-state index contributed by atoms with van der Waals surface area (Å²) >= 11 is 0. The molecule has 36 heavy (non-hydrogen) atoms. The smallest absolute Gasteiger partial charge is 0.287 e. The van der Waals surface area contributed by atoms with E-state index in [1.165, 1.54) is 0 Å². The van der Waals surface area contributed by atoms with Crippen molar-refractivity contribution in [1.82, 2.24) is 20.9 Å². The first-order valence-electron chi connectivity index (χ1n) is 12.4. The molecule has 1 fully saturated rings. The molecule has 3 aromatic rings. The van der Waals surface area contributed by atoms with Gasteiger partial charge in [0.25, 0.3) is 11.8 Å². The van der Waals surface area contributed by atoms with Crippen molar-refractivity contribution in [2.24, 2.45) is 5.92 Å². The molecule has 0 bridgehead atoms. The Balaban J connectivity index is 1.40. The molecule has 0 aromatic carbocycles. The van der Waals surface area contributed by atoms with Gasteiger partial charge in [-0.3, -0.25) is 19.4 Å². The van der Waals surface area contributed by atoms with Crippen LogP contribution in [0.15, 0.2) is 51.4 Å². The summed E-state index contributed by atoms with van der Waals surface area (Å²) in [5.41, 5.74) is 1.34. The molecular formula is C27H32N4O5. The second-order valence-electron chi connectivity index (χ2n) is 8.98. The van der Waals surface area contributed by atoms with Crippen LogP contribution in [0.2, 0.25) is 0 Å². The monoisotopic (exact) mass is 492 g/mol. The van der Waals surface area contributed by atoms with Crippen LogP contribution < -0.4 is 16.0 Å². The largest absolute Gasteiger partial charge is 0.456 e. The van der Waals surface area contributed by atoms with E-state index in [0.29, 0.717) is 11.5 Å². The molecule has 1 unspecified atom stereocenters. The van der Waals surface area contributed by atoms with Crippen molar-refractivity contribution in [2.45, 2.75) is 58.0 Å². The highest BCUT2D eigenvalue weighted by Gasteiger charge is 2.31. The number of pyridine rings is 1. The molecule has 190 valence electrons. The van der Waals surface area contributed by atoms with Crippen LogP contribution in [0, 0.1) is 5.92 Å². The molecule has 0 aliphatic heterocycles. The number of amides is 3. The molecule has 0 radical (unpaired) electrons. The molecule has 9 nitrogen and oxygen atoms in total. The van der Waals surface area contributed by atoms with Crippen molar-refractivity contribution >= 4 is 17.7 Å². The molecule has 1 saturated carbocycles. The lowest BCUT2D eigenvalue weighted by molar-refractivity contribution is -0.124. The Morgan fingerprint density at radius 1 is 1.00 bits per heavy atom. The second kappa shape index (κ2) is 11.7. The number of aryl methyl sites for hydroxylation is 1. The number of hydrogen-bond acceptors (Lipinski definition) is 6. The third-order valence-electron chi connectivity index (χ3n) is 6.53. The number of likely N-dealkylation sites (N-methyl/N-ethyl adjacent to an activating group) is 1. The van der Waals surface area contributed by atoms with Gasteiger partial charge in [0.1, 0.15) is 17.5 Å². The molecule has 3 amide bonds. The molecule has 3 aromatic heterocycles. The van der Waals surface area contributed by atoms with Crippen molar-refractivity contribution in [3.05, 3.63) is 65.4 Å². The van der Waals surface area contributed by atoms with Crippen molar-refractivity contribution in [1.29, 1.82) is 0 Å². The van der Waals surface area contributed by atoms with Crippen LogP contribution in [0.3, 0.4) is 0 Å². The van der Waals surface area contributed by atoms with Gasteiger partial charge in [-0.05, 0) is 60.7 Å². The van der Waals surface area contributed by atoms with E-state index in [1.807, 2.05) is 6.92 Å². The SMILES string of the molecule is CCc1ccc(C(=O)NCc2ccnc(-c3ccc(C(=O)NC(C(=O)NC)C4CCCCC4)o3)c2)o1. The van der Waals surface area contributed by atoms with Crippen LogP contribution in [-0.2, 0) is 17.8 Å². The lowest BCUT2D eigenvalue weighted by Crippen LogP contribution is -2.50. The van der Waals surface area contributed by atoms with Crippen LogP contribution in [0.5, 0.6) is 0 Å². The fourth-order valence-electron chi connectivity index (χ4n) is 4.51. The molecule has 4 rings (SSSR count). The zero-order valence-corrected chi connectivity index (χ0v) is 20.6. The maximum Gasteiger partial charge on any atom is 0.287 e. The van der Waals surface area contributed by atoms with Crippen molar-refractivity contribution in [2.75, 3.05) is 7.05 Å².